The molecule has 1 rings (SSSR count). The van der Waals surface area contributed by atoms with Crippen LogP contribution >= 0.6 is 11.8 Å². The summed E-state index contributed by atoms with van der Waals surface area (Å²) < 4.78 is 1.71. The first-order valence-electron chi connectivity index (χ1n) is 4.73. The van der Waals surface area contributed by atoms with Gasteiger partial charge in [0.25, 0.3) is 0 Å². The molecule has 0 aliphatic carbocycles. The van der Waals surface area contributed by atoms with E-state index in [1.165, 1.54) is 0 Å². The van der Waals surface area contributed by atoms with Gasteiger partial charge in [-0.15, -0.1) is 0 Å². The Balaban J connectivity index is 3.05. The molecule has 0 amide bonds. The van der Waals surface area contributed by atoms with Gasteiger partial charge in [0, 0.05) is 23.9 Å². The van der Waals surface area contributed by atoms with Crippen molar-refractivity contribution in [3.8, 4) is 6.07 Å². The minimum atomic E-state index is -1.25. The third-order valence-corrected chi connectivity index (χ3v) is 3.64. The van der Waals surface area contributed by atoms with E-state index in [0.717, 1.165) is 0 Å². The Bertz CT molecular complexity index is 262. The summed E-state index contributed by atoms with van der Waals surface area (Å²) in [6.07, 6.45) is 0.757. The minimum absolute atomic E-state index is 0.367. The van der Waals surface area contributed by atoms with Crippen LogP contribution in [0.15, 0.2) is 0 Å². The van der Waals surface area contributed by atoms with Gasteiger partial charge in [-0.25, -0.2) is 4.42 Å². The number of halogens is 1. The number of hydrogen-bond donors (Lipinski definition) is 1. The van der Waals surface area contributed by atoms with Crippen LogP contribution in [0.3, 0.4) is 0 Å². The van der Waals surface area contributed by atoms with Crippen LogP contribution < -0.4 is 0 Å². The predicted molar refractivity (Wildman–Crippen MR) is 55.6 cm³/mol. The molecule has 0 radical (unpaired) electrons. The standard InChI is InChI=1S/C10H17ClN2O/c1-8(2)5-10(14,7-12)6-9(3,4)13(8)11/h14H,5-6H2,1-4H3. The average Bonchev–Trinajstić information content (AvgIpc) is 1.99. The molecule has 1 fully saturated rings. The maximum absolute atomic E-state index is 10.0. The molecule has 1 aliphatic heterocycles. The lowest BCUT2D eigenvalue weighted by Gasteiger charge is -2.52. The molecular weight excluding hydrogens is 200 g/mol. The van der Waals surface area contributed by atoms with Gasteiger partial charge in [-0.2, -0.15) is 5.26 Å². The van der Waals surface area contributed by atoms with Crippen LogP contribution in [-0.2, 0) is 0 Å². The molecule has 0 unspecified atom stereocenters. The summed E-state index contributed by atoms with van der Waals surface area (Å²) in [4.78, 5) is 0. The van der Waals surface area contributed by atoms with Gasteiger partial charge in [0.1, 0.15) is 0 Å². The van der Waals surface area contributed by atoms with Crippen molar-refractivity contribution in [2.45, 2.75) is 57.2 Å². The van der Waals surface area contributed by atoms with E-state index in [2.05, 4.69) is 0 Å². The van der Waals surface area contributed by atoms with E-state index >= 15 is 0 Å². The highest BCUT2D eigenvalue weighted by Crippen LogP contribution is 2.44. The highest BCUT2D eigenvalue weighted by Gasteiger charge is 2.51. The number of nitriles is 1. The van der Waals surface area contributed by atoms with E-state index in [0.29, 0.717) is 12.8 Å². The minimum Gasteiger partial charge on any atom is -0.375 e. The summed E-state index contributed by atoms with van der Waals surface area (Å²) in [6, 6.07) is 1.98. The number of aliphatic hydroxyl groups is 1. The summed E-state index contributed by atoms with van der Waals surface area (Å²) in [5, 5.41) is 19.0. The molecule has 0 aromatic heterocycles. The molecule has 3 nitrogen and oxygen atoms in total. The van der Waals surface area contributed by atoms with Crippen LogP contribution in [0.1, 0.15) is 40.5 Å². The monoisotopic (exact) mass is 216 g/mol. The molecule has 0 bridgehead atoms. The van der Waals surface area contributed by atoms with E-state index < -0.39 is 5.60 Å². The summed E-state index contributed by atoms with van der Waals surface area (Å²) >= 11 is 6.20. The van der Waals surface area contributed by atoms with Gasteiger partial charge in [0.05, 0.1) is 6.07 Å². The largest absolute Gasteiger partial charge is 0.375 e. The second kappa shape index (κ2) is 3.10. The van der Waals surface area contributed by atoms with Gasteiger partial charge in [0.2, 0.25) is 0 Å². The first kappa shape index (κ1) is 11.8. The number of piperidine rings is 1. The zero-order chi connectivity index (χ0) is 11.2. The molecular formula is C10H17ClN2O. The van der Waals surface area contributed by atoms with Crippen LogP contribution in [-0.4, -0.2) is 26.2 Å². The van der Waals surface area contributed by atoms with Crippen LogP contribution in [0.5, 0.6) is 0 Å². The van der Waals surface area contributed by atoms with E-state index in [1.54, 1.807) is 4.42 Å². The van der Waals surface area contributed by atoms with Gasteiger partial charge in [-0.3, -0.25) is 0 Å². The highest BCUT2D eigenvalue weighted by molar-refractivity contribution is 6.14. The number of hydrogen-bond acceptors (Lipinski definition) is 3. The molecule has 0 spiro atoms. The van der Waals surface area contributed by atoms with Crippen LogP contribution in [0, 0.1) is 11.3 Å². The van der Waals surface area contributed by atoms with E-state index in [9.17, 15) is 5.11 Å². The predicted octanol–water partition coefficient (Wildman–Crippen LogP) is 2.05. The Hall–Kier alpha value is -0.300. The third kappa shape index (κ3) is 1.88. The van der Waals surface area contributed by atoms with Crippen LogP contribution in [0.4, 0.5) is 0 Å². The van der Waals surface area contributed by atoms with Crippen molar-refractivity contribution in [2.24, 2.45) is 0 Å². The molecule has 0 atom stereocenters. The van der Waals surface area contributed by atoms with E-state index in [-0.39, 0.29) is 11.1 Å². The first-order chi connectivity index (χ1) is 6.13. The van der Waals surface area contributed by atoms with Gasteiger partial charge in [-0.1, -0.05) is 0 Å². The quantitative estimate of drug-likeness (QED) is 0.498. The molecule has 1 heterocycles. The summed E-state index contributed by atoms with van der Waals surface area (Å²) in [5.74, 6) is 0. The van der Waals surface area contributed by atoms with Gasteiger partial charge >= 0.3 is 0 Å². The fourth-order valence-electron chi connectivity index (χ4n) is 2.53. The van der Waals surface area contributed by atoms with Gasteiger partial charge in [0.15, 0.2) is 5.60 Å². The van der Waals surface area contributed by atoms with Crippen LogP contribution in [0.25, 0.3) is 0 Å². The summed E-state index contributed by atoms with van der Waals surface area (Å²) in [6.45, 7) is 7.74. The molecule has 1 aliphatic rings. The second-order valence-electron chi connectivity index (χ2n) is 5.40. The molecule has 0 aromatic rings. The Kier molecular flexibility index (Phi) is 2.60. The van der Waals surface area contributed by atoms with Gasteiger partial charge < -0.3 is 5.11 Å². The zero-order valence-corrected chi connectivity index (χ0v) is 9.89. The van der Waals surface area contributed by atoms with Crippen molar-refractivity contribution in [2.75, 3.05) is 0 Å². The van der Waals surface area contributed by atoms with Crippen LogP contribution in [0.2, 0.25) is 0 Å². The fraction of sp³-hybridized carbons (Fsp3) is 0.900. The maximum atomic E-state index is 10.0. The van der Waals surface area contributed by atoms with Gasteiger partial charge in [-0.05, 0) is 39.5 Å². The number of rotatable bonds is 0. The Morgan fingerprint density at radius 2 is 1.57 bits per heavy atom. The van der Waals surface area contributed by atoms with E-state index in [1.807, 2.05) is 33.8 Å². The smallest absolute Gasteiger partial charge is 0.154 e. The van der Waals surface area contributed by atoms with E-state index in [4.69, 9.17) is 17.0 Å². The zero-order valence-electron chi connectivity index (χ0n) is 9.13. The topological polar surface area (TPSA) is 47.3 Å². The highest BCUT2D eigenvalue weighted by atomic mass is 35.5. The van der Waals surface area contributed by atoms with Crippen molar-refractivity contribution in [3.63, 3.8) is 0 Å². The molecule has 4 heteroatoms. The summed E-state index contributed by atoms with van der Waals surface area (Å²) in [5.41, 5.74) is -1.99. The second-order valence-corrected chi connectivity index (χ2v) is 5.74. The molecule has 1 N–H and O–H groups in total. The lowest BCUT2D eigenvalue weighted by Crippen LogP contribution is -2.61. The molecule has 0 aromatic carbocycles. The molecule has 14 heavy (non-hydrogen) atoms. The molecule has 80 valence electrons. The normalized spacial score (nSPS) is 29.5. The Labute approximate surface area is 90.4 Å². The van der Waals surface area contributed by atoms with Crippen molar-refractivity contribution in [1.29, 1.82) is 5.26 Å². The maximum Gasteiger partial charge on any atom is 0.154 e. The SMILES string of the molecule is CC1(C)CC(O)(C#N)CC(C)(C)N1Cl. The number of nitrogens with zero attached hydrogens (tertiary/aromatic N) is 2. The van der Waals surface area contributed by atoms with Crippen molar-refractivity contribution in [1.82, 2.24) is 4.42 Å². The Morgan fingerprint density at radius 3 is 1.86 bits per heavy atom. The van der Waals surface area contributed by atoms with Crippen molar-refractivity contribution >= 4 is 11.8 Å². The lowest BCUT2D eigenvalue weighted by atomic mass is 9.73. The first-order valence-corrected chi connectivity index (χ1v) is 5.07. The Morgan fingerprint density at radius 1 is 1.21 bits per heavy atom. The molecule has 1 saturated heterocycles. The van der Waals surface area contributed by atoms with Crippen molar-refractivity contribution < 1.29 is 5.11 Å². The van der Waals surface area contributed by atoms with Crippen molar-refractivity contribution in [3.05, 3.63) is 0 Å². The molecule has 0 saturated carbocycles. The average molecular weight is 217 g/mol. The summed E-state index contributed by atoms with van der Waals surface area (Å²) in [7, 11) is 0. The fourth-order valence-corrected chi connectivity index (χ4v) is 2.65. The third-order valence-electron chi connectivity index (χ3n) is 2.72. The lowest BCUT2D eigenvalue weighted by molar-refractivity contribution is -0.0650.